The van der Waals surface area contributed by atoms with E-state index in [0.29, 0.717) is 0 Å². The first-order chi connectivity index (χ1) is 8.09. The van der Waals surface area contributed by atoms with Gasteiger partial charge in [0, 0.05) is 0 Å². The van der Waals surface area contributed by atoms with Gasteiger partial charge in [0.25, 0.3) is 0 Å². The van der Waals surface area contributed by atoms with Crippen LogP contribution in [-0.4, -0.2) is 0 Å². The molecule has 0 aliphatic heterocycles. The molecule has 1 aliphatic carbocycles. The number of hydrogen-bond acceptors (Lipinski definition) is 0. The Labute approximate surface area is 103 Å². The van der Waals surface area contributed by atoms with Crippen LogP contribution in [0, 0.1) is 27.7 Å². The zero-order chi connectivity index (χ0) is 12.2. The Bertz CT molecular complexity index is 618. The summed E-state index contributed by atoms with van der Waals surface area (Å²) in [4.78, 5) is 0. The van der Waals surface area contributed by atoms with Crippen molar-refractivity contribution in [1.29, 1.82) is 0 Å². The molecule has 1 aliphatic rings. The summed E-state index contributed by atoms with van der Waals surface area (Å²) in [6, 6.07) is 9.01. The van der Waals surface area contributed by atoms with Crippen molar-refractivity contribution in [3.05, 3.63) is 57.6 Å². The van der Waals surface area contributed by atoms with Crippen LogP contribution < -0.4 is 0 Å². The van der Waals surface area contributed by atoms with E-state index >= 15 is 0 Å². The molecule has 0 heteroatoms. The quantitative estimate of drug-likeness (QED) is 0.525. The molecule has 0 amide bonds. The molecule has 0 heterocycles. The largest absolute Gasteiger partial charge is 0.0617 e. The summed E-state index contributed by atoms with van der Waals surface area (Å²) in [5.74, 6) is 0. The van der Waals surface area contributed by atoms with Crippen LogP contribution in [0.1, 0.15) is 33.4 Å². The van der Waals surface area contributed by atoms with Crippen LogP contribution >= 0.6 is 0 Å². The minimum atomic E-state index is 1.11. The molecule has 0 radical (unpaired) electrons. The van der Waals surface area contributed by atoms with Crippen molar-refractivity contribution in [3.8, 4) is 11.1 Å². The van der Waals surface area contributed by atoms with Crippen molar-refractivity contribution in [3.63, 3.8) is 0 Å². The third-order valence-corrected chi connectivity index (χ3v) is 4.15. The van der Waals surface area contributed by atoms with Gasteiger partial charge in [0.05, 0.1) is 0 Å². The summed E-state index contributed by atoms with van der Waals surface area (Å²) in [7, 11) is 0. The molecule has 17 heavy (non-hydrogen) atoms. The lowest BCUT2D eigenvalue weighted by molar-refractivity contribution is 1.19. The maximum absolute atomic E-state index is 2.33. The Hall–Kier alpha value is -1.56. The van der Waals surface area contributed by atoms with Crippen LogP contribution in [0.2, 0.25) is 0 Å². The average Bonchev–Trinajstić information content (AvgIpc) is 2.67. The van der Waals surface area contributed by atoms with Crippen molar-refractivity contribution >= 4 is 0 Å². The number of hydrogen-bond donors (Lipinski definition) is 0. The van der Waals surface area contributed by atoms with Gasteiger partial charge in [0.1, 0.15) is 0 Å². The molecule has 0 nitrogen and oxygen atoms in total. The standard InChI is InChI=1S/C17H18/c1-10-6-5-7-14-9-15-12(3)8-11(2)13(4)17(15)16(10)14/h5-8H,9H2,1-4H3. The lowest BCUT2D eigenvalue weighted by Gasteiger charge is -2.13. The molecule has 0 N–H and O–H groups in total. The van der Waals surface area contributed by atoms with Crippen LogP contribution in [0.25, 0.3) is 11.1 Å². The van der Waals surface area contributed by atoms with Gasteiger partial charge in [-0.3, -0.25) is 0 Å². The first kappa shape index (κ1) is 10.6. The molecular formula is C17H18. The molecule has 0 fully saturated rings. The van der Waals surface area contributed by atoms with Crippen LogP contribution in [0.15, 0.2) is 24.3 Å². The van der Waals surface area contributed by atoms with E-state index in [1.807, 2.05) is 0 Å². The van der Waals surface area contributed by atoms with Gasteiger partial charge in [0.2, 0.25) is 0 Å². The molecule has 86 valence electrons. The highest BCUT2D eigenvalue weighted by molar-refractivity contribution is 5.83. The Kier molecular flexibility index (Phi) is 2.16. The molecule has 0 bridgehead atoms. The Balaban J connectivity index is 2.42. The number of fused-ring (bicyclic) bond motifs is 3. The Morgan fingerprint density at radius 1 is 0.824 bits per heavy atom. The van der Waals surface area contributed by atoms with E-state index in [0.717, 1.165) is 6.42 Å². The molecular weight excluding hydrogens is 204 g/mol. The molecule has 0 spiro atoms. The Morgan fingerprint density at radius 2 is 1.59 bits per heavy atom. The maximum Gasteiger partial charge on any atom is -0.00106 e. The molecule has 2 aromatic rings. The smallest absolute Gasteiger partial charge is 0.00106 e. The van der Waals surface area contributed by atoms with E-state index in [-0.39, 0.29) is 0 Å². The highest BCUT2D eigenvalue weighted by Gasteiger charge is 2.23. The van der Waals surface area contributed by atoms with Gasteiger partial charge in [-0.05, 0) is 78.6 Å². The molecule has 0 saturated heterocycles. The second-order valence-corrected chi connectivity index (χ2v) is 5.27. The van der Waals surface area contributed by atoms with E-state index in [2.05, 4.69) is 52.0 Å². The monoisotopic (exact) mass is 222 g/mol. The molecule has 0 saturated carbocycles. The van der Waals surface area contributed by atoms with Crippen LogP contribution in [0.5, 0.6) is 0 Å². The van der Waals surface area contributed by atoms with Crippen LogP contribution in [-0.2, 0) is 6.42 Å². The summed E-state index contributed by atoms with van der Waals surface area (Å²) in [5.41, 5.74) is 11.8. The van der Waals surface area contributed by atoms with Gasteiger partial charge in [-0.25, -0.2) is 0 Å². The van der Waals surface area contributed by atoms with Crippen LogP contribution in [0.4, 0.5) is 0 Å². The van der Waals surface area contributed by atoms with Crippen molar-refractivity contribution in [1.82, 2.24) is 0 Å². The van der Waals surface area contributed by atoms with Gasteiger partial charge < -0.3 is 0 Å². The van der Waals surface area contributed by atoms with Gasteiger partial charge in [-0.15, -0.1) is 0 Å². The lowest BCUT2D eigenvalue weighted by Crippen LogP contribution is -1.93. The van der Waals surface area contributed by atoms with Gasteiger partial charge in [0.15, 0.2) is 0 Å². The highest BCUT2D eigenvalue weighted by Crippen LogP contribution is 2.43. The van der Waals surface area contributed by atoms with Gasteiger partial charge in [-0.1, -0.05) is 24.3 Å². The average molecular weight is 222 g/mol. The maximum atomic E-state index is 2.33. The van der Waals surface area contributed by atoms with E-state index in [4.69, 9.17) is 0 Å². The van der Waals surface area contributed by atoms with E-state index in [9.17, 15) is 0 Å². The van der Waals surface area contributed by atoms with Crippen molar-refractivity contribution in [2.45, 2.75) is 34.1 Å². The Morgan fingerprint density at radius 3 is 2.35 bits per heavy atom. The third-order valence-electron chi connectivity index (χ3n) is 4.15. The normalized spacial score (nSPS) is 12.5. The van der Waals surface area contributed by atoms with Crippen molar-refractivity contribution < 1.29 is 0 Å². The third kappa shape index (κ3) is 1.37. The second kappa shape index (κ2) is 3.46. The summed E-state index contributed by atoms with van der Waals surface area (Å²) >= 11 is 0. The molecule has 3 rings (SSSR count). The summed E-state index contributed by atoms with van der Waals surface area (Å²) < 4.78 is 0. The fourth-order valence-electron chi connectivity index (χ4n) is 3.13. The number of benzene rings is 2. The van der Waals surface area contributed by atoms with Crippen molar-refractivity contribution in [2.75, 3.05) is 0 Å². The predicted molar refractivity (Wildman–Crippen MR) is 73.6 cm³/mol. The first-order valence-corrected chi connectivity index (χ1v) is 6.28. The highest BCUT2D eigenvalue weighted by atomic mass is 14.3. The zero-order valence-electron chi connectivity index (χ0n) is 11.0. The fourth-order valence-corrected chi connectivity index (χ4v) is 3.13. The minimum absolute atomic E-state index is 1.11. The molecule has 0 atom stereocenters. The first-order valence-electron chi connectivity index (χ1n) is 6.28. The van der Waals surface area contributed by atoms with Gasteiger partial charge in [-0.2, -0.15) is 0 Å². The van der Waals surface area contributed by atoms with Gasteiger partial charge >= 0.3 is 0 Å². The summed E-state index contributed by atoms with van der Waals surface area (Å²) in [6.07, 6.45) is 1.11. The summed E-state index contributed by atoms with van der Waals surface area (Å²) in [6.45, 7) is 8.95. The summed E-state index contributed by atoms with van der Waals surface area (Å²) in [5, 5.41) is 0. The van der Waals surface area contributed by atoms with E-state index < -0.39 is 0 Å². The fraction of sp³-hybridized carbons (Fsp3) is 0.294. The predicted octanol–water partition coefficient (Wildman–Crippen LogP) is 4.49. The van der Waals surface area contributed by atoms with E-state index in [1.165, 1.54) is 44.5 Å². The minimum Gasteiger partial charge on any atom is -0.0617 e. The van der Waals surface area contributed by atoms with E-state index in [1.54, 1.807) is 0 Å². The SMILES string of the molecule is Cc1cc(C)c2c(c1C)-c1c(C)cccc1C2. The number of aryl methyl sites for hydroxylation is 3. The topological polar surface area (TPSA) is 0 Å². The molecule has 0 aromatic heterocycles. The van der Waals surface area contributed by atoms with Crippen LogP contribution in [0.3, 0.4) is 0 Å². The zero-order valence-corrected chi connectivity index (χ0v) is 11.0. The number of rotatable bonds is 0. The lowest BCUT2D eigenvalue weighted by atomic mass is 9.92. The van der Waals surface area contributed by atoms with Crippen molar-refractivity contribution in [2.24, 2.45) is 0 Å². The molecule has 2 aromatic carbocycles. The molecule has 0 unspecified atom stereocenters. The second-order valence-electron chi connectivity index (χ2n) is 5.27.